The van der Waals surface area contributed by atoms with Crippen LogP contribution in [0.25, 0.3) is 0 Å². The number of nitrogens with two attached hydrogens (primary N) is 1. The Bertz CT molecular complexity index is 1670. The fourth-order valence-corrected chi connectivity index (χ4v) is 7.97. The molecule has 0 spiro atoms. The number of aliphatic carboxylic acids is 1. The van der Waals surface area contributed by atoms with Crippen LogP contribution < -0.4 is 5.73 Å². The number of allylic oxidation sites excluding steroid dienone is 12. The third-order valence-corrected chi connectivity index (χ3v) is 12.0. The van der Waals surface area contributed by atoms with Crippen molar-refractivity contribution in [2.45, 2.75) is 177 Å². The van der Waals surface area contributed by atoms with E-state index in [1.54, 1.807) is 80.7 Å². The summed E-state index contributed by atoms with van der Waals surface area (Å²) < 4.78 is 23.1. The Hall–Kier alpha value is -3.44. The average Bonchev–Trinajstić information content (AvgIpc) is 3.21. The number of esters is 1. The number of aliphatic hydroxyl groups is 10. The first-order valence-electron chi connectivity index (χ1n) is 22.3. The van der Waals surface area contributed by atoms with E-state index in [1.807, 2.05) is 19.1 Å². The van der Waals surface area contributed by atoms with Gasteiger partial charge in [0.05, 0.1) is 79.6 Å². The molecule has 18 nitrogen and oxygen atoms in total. The van der Waals surface area contributed by atoms with E-state index in [4.69, 9.17) is 24.7 Å². The maximum absolute atomic E-state index is 12.6. The topological polar surface area (TPSA) is 320 Å². The zero-order chi connectivity index (χ0) is 48.4. The van der Waals surface area contributed by atoms with E-state index < -0.39 is 147 Å². The van der Waals surface area contributed by atoms with Crippen molar-refractivity contribution in [2.24, 2.45) is 23.5 Å². The summed E-state index contributed by atoms with van der Waals surface area (Å²) in [5, 5.41) is 118. The van der Waals surface area contributed by atoms with Crippen molar-refractivity contribution in [2.75, 3.05) is 0 Å². The van der Waals surface area contributed by atoms with Crippen LogP contribution in [0.3, 0.4) is 0 Å². The molecule has 368 valence electrons. The van der Waals surface area contributed by atoms with Crippen molar-refractivity contribution in [1.82, 2.24) is 0 Å². The van der Waals surface area contributed by atoms with Gasteiger partial charge in [0, 0.05) is 37.5 Å². The standard InChI is InChI=1S/C47H73NO17/c1-27-17-15-13-11-9-7-5-6-8-10-12-14-16-18-34(64-46-44(58)41(48)43(57)30(4)63-46)24-38-40(45(59)60)37(54)26-47(61,65-38)25-33(51)22-36(53)35(52)20-19-31(49)21-32(50)23-39(55)62-29(3)28(2)42(27)56/h5-18,27-38,40-44,46,49-54,56-58,61H,19-26,48H2,1-4H3,(H,59,60)/t27-,28?,29-,30+,31+,32+,33-,34-,35+,36+,37-,38?,40?,41-,42+,43+,44-,46?,47+/m0/s1. The van der Waals surface area contributed by atoms with E-state index in [-0.39, 0.29) is 31.6 Å². The third kappa shape index (κ3) is 18.6. The van der Waals surface area contributed by atoms with Crippen LogP contribution in [0.2, 0.25) is 0 Å². The Kier molecular flexibility index (Phi) is 23.6. The Morgan fingerprint density at radius 2 is 1.23 bits per heavy atom. The number of fused-ring (bicyclic) bond motifs is 2. The second-order valence-corrected chi connectivity index (χ2v) is 17.6. The van der Waals surface area contributed by atoms with Crippen LogP contribution in [0.1, 0.15) is 79.1 Å². The lowest BCUT2D eigenvalue weighted by molar-refractivity contribution is -0.308. The number of carbonyl (C=O) groups is 2. The van der Waals surface area contributed by atoms with Crippen molar-refractivity contribution in [3.63, 3.8) is 0 Å². The molecule has 3 heterocycles. The first-order chi connectivity index (χ1) is 30.6. The van der Waals surface area contributed by atoms with Gasteiger partial charge in [-0.05, 0) is 33.1 Å². The van der Waals surface area contributed by atoms with Gasteiger partial charge < -0.3 is 80.9 Å². The highest BCUT2D eigenvalue weighted by atomic mass is 16.7. The first kappa shape index (κ1) is 55.9. The smallest absolute Gasteiger partial charge is 0.311 e. The van der Waals surface area contributed by atoms with Crippen molar-refractivity contribution < 1.29 is 84.7 Å². The summed E-state index contributed by atoms with van der Waals surface area (Å²) in [5.41, 5.74) is 6.02. The molecule has 2 bridgehead atoms. The van der Waals surface area contributed by atoms with Gasteiger partial charge >= 0.3 is 11.9 Å². The van der Waals surface area contributed by atoms with Gasteiger partial charge in [0.15, 0.2) is 12.1 Å². The molecule has 0 saturated carbocycles. The van der Waals surface area contributed by atoms with Crippen LogP contribution in [0.4, 0.5) is 0 Å². The van der Waals surface area contributed by atoms with Crippen LogP contribution in [-0.4, -0.2) is 166 Å². The average molecular weight is 924 g/mol. The van der Waals surface area contributed by atoms with Crippen LogP contribution in [0.5, 0.6) is 0 Å². The monoisotopic (exact) mass is 923 g/mol. The van der Waals surface area contributed by atoms with Crippen LogP contribution in [0.15, 0.2) is 85.1 Å². The quantitative estimate of drug-likeness (QED) is 0.174. The number of ether oxygens (including phenoxy) is 4. The summed E-state index contributed by atoms with van der Waals surface area (Å²) in [5.74, 6) is -6.83. The zero-order valence-corrected chi connectivity index (χ0v) is 37.6. The Morgan fingerprint density at radius 3 is 1.82 bits per heavy atom. The van der Waals surface area contributed by atoms with Gasteiger partial charge in [0.1, 0.15) is 18.1 Å². The Labute approximate surface area is 381 Å². The predicted octanol–water partition coefficient (Wildman–Crippen LogP) is 0.712. The molecule has 3 rings (SSSR count). The number of carboxylic acids is 1. The first-order valence-corrected chi connectivity index (χ1v) is 22.3. The van der Waals surface area contributed by atoms with Gasteiger partial charge in [-0.1, -0.05) is 98.9 Å². The minimum Gasteiger partial charge on any atom is -0.481 e. The predicted molar refractivity (Wildman–Crippen MR) is 237 cm³/mol. The second kappa shape index (κ2) is 27.4. The number of rotatable bonds is 3. The lowest BCUT2D eigenvalue weighted by Gasteiger charge is -2.45. The normalized spacial score (nSPS) is 42.0. The molecule has 0 amide bonds. The van der Waals surface area contributed by atoms with E-state index in [9.17, 15) is 65.8 Å². The molecule has 65 heavy (non-hydrogen) atoms. The number of carbonyl (C=O) groups excluding carboxylic acids is 1. The molecule has 0 aromatic carbocycles. The van der Waals surface area contributed by atoms with Crippen molar-refractivity contribution >= 4 is 11.9 Å². The number of hydrogen-bond donors (Lipinski definition) is 12. The summed E-state index contributed by atoms with van der Waals surface area (Å²) in [4.78, 5) is 25.1. The molecule has 0 aromatic heterocycles. The van der Waals surface area contributed by atoms with Crippen LogP contribution in [0, 0.1) is 17.8 Å². The number of hydrogen-bond acceptors (Lipinski definition) is 17. The fourth-order valence-electron chi connectivity index (χ4n) is 7.97. The van der Waals surface area contributed by atoms with Crippen molar-refractivity contribution in [3.8, 4) is 0 Å². The molecule has 3 aliphatic rings. The van der Waals surface area contributed by atoms with Crippen molar-refractivity contribution in [1.29, 1.82) is 0 Å². The minimum atomic E-state index is -2.33. The SMILES string of the molecule is CC1[C@H](C)OC(=O)C[C@H](O)C[C@H](O)CC[C@@H](O)[C@H](O)C[C@H](O)C[C@]2(O)C[C@H](O)C(C(=O)O)C(C[C@@H](OC3O[C@H](C)[C@@H](O)[C@H](N)[C@@H]3O)C=CC=CC=CC=CC=CC=CC=C[C@H](C)[C@H]1O)O2. The van der Waals surface area contributed by atoms with Crippen LogP contribution in [-0.2, 0) is 28.5 Å². The number of carboxylic acid groups (broad SMARTS) is 1. The Morgan fingerprint density at radius 1 is 0.662 bits per heavy atom. The van der Waals surface area contributed by atoms with E-state index >= 15 is 0 Å². The molecular formula is C47H73NO17. The molecule has 2 fully saturated rings. The molecule has 4 unspecified atom stereocenters. The third-order valence-electron chi connectivity index (χ3n) is 12.0. The lowest BCUT2D eigenvalue weighted by atomic mass is 9.82. The highest BCUT2D eigenvalue weighted by molar-refractivity contribution is 5.71. The van der Waals surface area contributed by atoms with Gasteiger partial charge in [0.25, 0.3) is 0 Å². The highest BCUT2D eigenvalue weighted by Gasteiger charge is 2.51. The maximum Gasteiger partial charge on any atom is 0.311 e. The molecule has 0 radical (unpaired) electrons. The largest absolute Gasteiger partial charge is 0.481 e. The zero-order valence-electron chi connectivity index (χ0n) is 37.6. The van der Waals surface area contributed by atoms with Crippen molar-refractivity contribution in [3.05, 3.63) is 85.1 Å². The summed E-state index contributed by atoms with van der Waals surface area (Å²) in [6.45, 7) is 6.74. The highest BCUT2D eigenvalue weighted by Crippen LogP contribution is 2.38. The van der Waals surface area contributed by atoms with Crippen LogP contribution >= 0.6 is 0 Å². The van der Waals surface area contributed by atoms with Gasteiger partial charge in [-0.3, -0.25) is 9.59 Å². The van der Waals surface area contributed by atoms with Gasteiger partial charge in [-0.2, -0.15) is 0 Å². The molecule has 18 heteroatoms. The Balaban J connectivity index is 1.86. The molecule has 0 aliphatic carbocycles. The van der Waals surface area contributed by atoms with Gasteiger partial charge in [-0.25, -0.2) is 0 Å². The second-order valence-electron chi connectivity index (χ2n) is 17.6. The summed E-state index contributed by atoms with van der Waals surface area (Å²) in [6, 6.07) is -1.15. The summed E-state index contributed by atoms with van der Waals surface area (Å²) >= 11 is 0. The summed E-state index contributed by atoms with van der Waals surface area (Å²) in [7, 11) is 0. The molecule has 2 saturated heterocycles. The number of cyclic esters (lactones) is 1. The molecular weight excluding hydrogens is 851 g/mol. The van der Waals surface area contributed by atoms with Gasteiger partial charge in [-0.15, -0.1) is 0 Å². The van der Waals surface area contributed by atoms with E-state index in [0.717, 1.165) is 0 Å². The molecule has 13 N–H and O–H groups in total. The van der Waals surface area contributed by atoms with E-state index in [2.05, 4.69) is 0 Å². The summed E-state index contributed by atoms with van der Waals surface area (Å²) in [6.07, 6.45) is 3.46. The maximum atomic E-state index is 12.6. The number of aliphatic hydroxyl groups excluding tert-OH is 9. The minimum absolute atomic E-state index is 0.107. The van der Waals surface area contributed by atoms with E-state index in [1.165, 1.54) is 13.0 Å². The fraction of sp³-hybridized carbons (Fsp3) is 0.660. The van der Waals surface area contributed by atoms with Gasteiger partial charge in [0.2, 0.25) is 0 Å². The molecule has 0 aromatic rings. The molecule has 3 aliphatic heterocycles. The molecule has 19 atom stereocenters. The lowest BCUT2D eigenvalue weighted by Crippen LogP contribution is -2.61. The van der Waals surface area contributed by atoms with E-state index in [0.29, 0.717) is 0 Å².